The van der Waals surface area contributed by atoms with Crippen LogP contribution in [0.15, 0.2) is 72.8 Å². The Labute approximate surface area is 216 Å². The van der Waals surface area contributed by atoms with Gasteiger partial charge < -0.3 is 19.3 Å². The Morgan fingerprint density at radius 1 is 0.750 bits per heavy atom. The molecule has 0 amide bonds. The molecule has 0 spiro atoms. The summed E-state index contributed by atoms with van der Waals surface area (Å²) in [5, 5.41) is 0. The van der Waals surface area contributed by atoms with Crippen LogP contribution in [0.4, 0.5) is 11.4 Å². The molecule has 0 aromatic heterocycles. The molecule has 3 aromatic rings. The molecule has 0 unspecified atom stereocenters. The average molecular weight is 486 g/mol. The lowest BCUT2D eigenvalue weighted by molar-refractivity contribution is 0.122. The third kappa shape index (κ3) is 6.59. The molecule has 0 aliphatic carbocycles. The van der Waals surface area contributed by atoms with Gasteiger partial charge in [-0.3, -0.25) is 4.90 Å². The third-order valence-corrected chi connectivity index (χ3v) is 7.30. The van der Waals surface area contributed by atoms with Crippen LogP contribution >= 0.6 is 0 Å². The molecule has 3 aromatic carbocycles. The van der Waals surface area contributed by atoms with E-state index in [1.54, 1.807) is 7.11 Å². The van der Waals surface area contributed by atoms with Gasteiger partial charge in [-0.2, -0.15) is 0 Å². The van der Waals surface area contributed by atoms with Crippen molar-refractivity contribution >= 4 is 11.4 Å². The molecule has 0 N–H and O–H groups in total. The number of benzene rings is 3. The lowest BCUT2D eigenvalue weighted by Gasteiger charge is -2.30. The van der Waals surface area contributed by atoms with Gasteiger partial charge in [0.05, 0.1) is 20.3 Å². The summed E-state index contributed by atoms with van der Waals surface area (Å²) in [5.41, 5.74) is 6.52. The van der Waals surface area contributed by atoms with Crippen LogP contribution in [0.1, 0.15) is 36.0 Å². The SMILES string of the molecule is COc1cccc(CN(Cc2cccc(N3CCOCC3)c2)c2cccc(CN3CCCCC3)c2)c1. The van der Waals surface area contributed by atoms with E-state index in [0.29, 0.717) is 0 Å². The smallest absolute Gasteiger partial charge is 0.119 e. The number of hydrogen-bond acceptors (Lipinski definition) is 5. The summed E-state index contributed by atoms with van der Waals surface area (Å²) in [5.74, 6) is 0.903. The summed E-state index contributed by atoms with van der Waals surface area (Å²) in [6.45, 7) is 8.65. The van der Waals surface area contributed by atoms with Crippen LogP contribution in [-0.2, 0) is 24.4 Å². The number of rotatable bonds is 9. The number of morpholine rings is 1. The molecule has 2 heterocycles. The van der Waals surface area contributed by atoms with Gasteiger partial charge in [0.2, 0.25) is 0 Å². The second-order valence-electron chi connectivity index (χ2n) is 9.98. The molecule has 0 bridgehead atoms. The van der Waals surface area contributed by atoms with Gasteiger partial charge in [-0.05, 0) is 79.0 Å². The van der Waals surface area contributed by atoms with Crippen LogP contribution in [0.3, 0.4) is 0 Å². The normalized spacial score (nSPS) is 16.6. The lowest BCUT2D eigenvalue weighted by Crippen LogP contribution is -2.36. The van der Waals surface area contributed by atoms with E-state index in [1.807, 2.05) is 6.07 Å². The second-order valence-corrected chi connectivity index (χ2v) is 9.98. The zero-order chi connectivity index (χ0) is 24.6. The Morgan fingerprint density at radius 2 is 1.44 bits per heavy atom. The molecule has 5 heteroatoms. The Balaban J connectivity index is 1.39. The van der Waals surface area contributed by atoms with Crippen molar-refractivity contribution in [3.8, 4) is 5.75 Å². The van der Waals surface area contributed by atoms with Gasteiger partial charge in [0.25, 0.3) is 0 Å². The fourth-order valence-corrected chi connectivity index (χ4v) is 5.35. The van der Waals surface area contributed by atoms with Crippen molar-refractivity contribution in [3.05, 3.63) is 89.5 Å². The van der Waals surface area contributed by atoms with E-state index >= 15 is 0 Å². The minimum atomic E-state index is 0.802. The molecule has 2 fully saturated rings. The van der Waals surface area contributed by atoms with Crippen LogP contribution in [0, 0.1) is 0 Å². The zero-order valence-electron chi connectivity index (χ0n) is 21.6. The molecule has 0 saturated carbocycles. The molecule has 5 nitrogen and oxygen atoms in total. The number of anilines is 2. The van der Waals surface area contributed by atoms with E-state index in [1.165, 1.54) is 60.4 Å². The molecule has 2 aliphatic rings. The number of nitrogens with zero attached hydrogens (tertiary/aromatic N) is 3. The molecule has 0 atom stereocenters. The predicted molar refractivity (Wildman–Crippen MR) is 148 cm³/mol. The number of hydrogen-bond donors (Lipinski definition) is 0. The van der Waals surface area contributed by atoms with Crippen LogP contribution in [0.2, 0.25) is 0 Å². The molecule has 0 radical (unpaired) electrons. The summed E-state index contributed by atoms with van der Waals surface area (Å²) < 4.78 is 11.1. The summed E-state index contributed by atoms with van der Waals surface area (Å²) in [4.78, 5) is 7.52. The van der Waals surface area contributed by atoms with Gasteiger partial charge >= 0.3 is 0 Å². The van der Waals surface area contributed by atoms with Crippen molar-refractivity contribution in [2.45, 2.75) is 38.9 Å². The molecule has 190 valence electrons. The van der Waals surface area contributed by atoms with Gasteiger partial charge in [0.15, 0.2) is 0 Å². The maximum atomic E-state index is 5.56. The van der Waals surface area contributed by atoms with Crippen molar-refractivity contribution in [3.63, 3.8) is 0 Å². The maximum absolute atomic E-state index is 5.56. The van der Waals surface area contributed by atoms with Crippen molar-refractivity contribution in [1.29, 1.82) is 0 Å². The number of ether oxygens (including phenoxy) is 2. The standard InChI is InChI=1S/C31H39N3O2/c1-35-31-13-7-10-28(22-31)25-34(24-27-9-6-11-29(21-27)33-16-18-36-19-17-33)30-12-5-8-26(20-30)23-32-14-3-2-4-15-32/h5-13,20-22H,2-4,14-19,23-25H2,1H3. The first-order valence-electron chi connectivity index (χ1n) is 13.4. The van der Waals surface area contributed by atoms with Crippen LogP contribution in [0.5, 0.6) is 5.75 Å². The number of likely N-dealkylation sites (tertiary alicyclic amines) is 1. The van der Waals surface area contributed by atoms with Crippen molar-refractivity contribution in [2.24, 2.45) is 0 Å². The van der Waals surface area contributed by atoms with E-state index in [9.17, 15) is 0 Å². The first-order valence-corrected chi connectivity index (χ1v) is 13.4. The summed E-state index contributed by atoms with van der Waals surface area (Å²) in [6.07, 6.45) is 4.01. The highest BCUT2D eigenvalue weighted by Gasteiger charge is 2.15. The Kier molecular flexibility index (Phi) is 8.42. The molecule has 5 rings (SSSR count). The third-order valence-electron chi connectivity index (χ3n) is 7.30. The highest BCUT2D eigenvalue weighted by atomic mass is 16.5. The van der Waals surface area contributed by atoms with E-state index in [4.69, 9.17) is 9.47 Å². The van der Waals surface area contributed by atoms with Crippen molar-refractivity contribution < 1.29 is 9.47 Å². The van der Waals surface area contributed by atoms with Gasteiger partial charge in [-0.15, -0.1) is 0 Å². The lowest BCUT2D eigenvalue weighted by atomic mass is 10.1. The highest BCUT2D eigenvalue weighted by Crippen LogP contribution is 2.26. The van der Waals surface area contributed by atoms with Crippen LogP contribution in [-0.4, -0.2) is 51.4 Å². The number of methoxy groups -OCH3 is 1. The maximum Gasteiger partial charge on any atom is 0.119 e. The zero-order valence-corrected chi connectivity index (χ0v) is 21.6. The molecule has 2 saturated heterocycles. The summed E-state index contributed by atoms with van der Waals surface area (Å²) >= 11 is 0. The van der Waals surface area contributed by atoms with Crippen LogP contribution in [0.25, 0.3) is 0 Å². The fourth-order valence-electron chi connectivity index (χ4n) is 5.35. The average Bonchev–Trinajstić information content (AvgIpc) is 2.94. The summed E-state index contributed by atoms with van der Waals surface area (Å²) in [6, 6.07) is 26.6. The van der Waals surface area contributed by atoms with E-state index in [-0.39, 0.29) is 0 Å². The minimum Gasteiger partial charge on any atom is -0.497 e. The highest BCUT2D eigenvalue weighted by molar-refractivity contribution is 5.53. The van der Waals surface area contributed by atoms with Crippen LogP contribution < -0.4 is 14.5 Å². The summed E-state index contributed by atoms with van der Waals surface area (Å²) in [7, 11) is 1.73. The van der Waals surface area contributed by atoms with Gasteiger partial charge in [0, 0.05) is 44.1 Å². The van der Waals surface area contributed by atoms with Crippen molar-refractivity contribution in [2.75, 3.05) is 56.3 Å². The Hall–Kier alpha value is -3.02. The Morgan fingerprint density at radius 3 is 2.22 bits per heavy atom. The predicted octanol–water partition coefficient (Wildman–Crippen LogP) is 5.72. The quantitative estimate of drug-likeness (QED) is 0.386. The minimum absolute atomic E-state index is 0.802. The van der Waals surface area contributed by atoms with Gasteiger partial charge in [-0.1, -0.05) is 42.8 Å². The monoisotopic (exact) mass is 485 g/mol. The van der Waals surface area contributed by atoms with E-state index in [2.05, 4.69) is 81.4 Å². The van der Waals surface area contributed by atoms with E-state index < -0.39 is 0 Å². The first-order chi connectivity index (χ1) is 17.8. The van der Waals surface area contributed by atoms with E-state index in [0.717, 1.165) is 51.7 Å². The Bertz CT molecular complexity index is 1110. The number of piperidine rings is 1. The van der Waals surface area contributed by atoms with Gasteiger partial charge in [-0.25, -0.2) is 0 Å². The van der Waals surface area contributed by atoms with Gasteiger partial charge in [0.1, 0.15) is 5.75 Å². The first kappa shape index (κ1) is 24.7. The molecular formula is C31H39N3O2. The molecule has 2 aliphatic heterocycles. The van der Waals surface area contributed by atoms with Crippen molar-refractivity contribution in [1.82, 2.24) is 4.90 Å². The topological polar surface area (TPSA) is 28.2 Å². The molecular weight excluding hydrogens is 446 g/mol. The fraction of sp³-hybridized carbons (Fsp3) is 0.419. The largest absolute Gasteiger partial charge is 0.497 e. The molecule has 36 heavy (non-hydrogen) atoms. The second kappa shape index (κ2) is 12.3.